The molecule has 2 aromatic carbocycles. The van der Waals surface area contributed by atoms with Crippen LogP contribution < -0.4 is 15.8 Å². The van der Waals surface area contributed by atoms with Gasteiger partial charge in [-0.05, 0) is 42.3 Å². The Morgan fingerprint density at radius 3 is 2.63 bits per heavy atom. The van der Waals surface area contributed by atoms with Gasteiger partial charge in [0.15, 0.2) is 5.82 Å². The summed E-state index contributed by atoms with van der Waals surface area (Å²) in [7, 11) is 0. The highest BCUT2D eigenvalue weighted by Gasteiger charge is 2.16. The second-order valence-electron chi connectivity index (χ2n) is 5.35. The van der Waals surface area contributed by atoms with Gasteiger partial charge in [0.05, 0.1) is 21.8 Å². The van der Waals surface area contributed by atoms with E-state index in [0.717, 1.165) is 11.9 Å². The van der Waals surface area contributed by atoms with Crippen LogP contribution >= 0.6 is 35.1 Å². The molecule has 0 aliphatic rings. The van der Waals surface area contributed by atoms with Crippen LogP contribution in [0, 0.1) is 11.6 Å². The summed E-state index contributed by atoms with van der Waals surface area (Å²) in [5, 5.41) is 3.35. The lowest BCUT2D eigenvalue weighted by atomic mass is 10.1. The molecule has 140 valence electrons. The lowest BCUT2D eigenvalue weighted by Gasteiger charge is -2.18. The summed E-state index contributed by atoms with van der Waals surface area (Å²) < 4.78 is 31.2. The lowest BCUT2D eigenvalue weighted by Crippen LogP contribution is -2.21. The van der Waals surface area contributed by atoms with Gasteiger partial charge >= 0.3 is 0 Å². The normalized spacial score (nSPS) is 11.9. The Morgan fingerprint density at radius 1 is 1.07 bits per heavy atom. The van der Waals surface area contributed by atoms with E-state index in [1.165, 1.54) is 48.9 Å². The summed E-state index contributed by atoms with van der Waals surface area (Å²) in [6, 6.07) is 6.63. The fraction of sp³-hybridized carbons (Fsp3) is 0.0588. The van der Waals surface area contributed by atoms with Gasteiger partial charge in [-0.1, -0.05) is 23.2 Å². The number of nitrogens with one attached hydrogen (secondary N) is 2. The molecule has 0 radical (unpaired) electrons. The highest BCUT2D eigenvalue weighted by molar-refractivity contribution is 8.00. The van der Waals surface area contributed by atoms with Crippen molar-refractivity contribution in [2.24, 2.45) is 5.73 Å². The van der Waals surface area contributed by atoms with E-state index in [1.54, 1.807) is 0 Å². The highest BCUT2D eigenvalue weighted by atomic mass is 35.5. The van der Waals surface area contributed by atoms with Crippen molar-refractivity contribution in [2.45, 2.75) is 11.1 Å². The fourth-order valence-electron chi connectivity index (χ4n) is 2.17. The van der Waals surface area contributed by atoms with Gasteiger partial charge in [-0.25, -0.2) is 13.8 Å². The van der Waals surface area contributed by atoms with Crippen LogP contribution in [0.5, 0.6) is 0 Å². The van der Waals surface area contributed by atoms with E-state index >= 15 is 0 Å². The van der Waals surface area contributed by atoms with Gasteiger partial charge in [-0.15, -0.1) is 0 Å². The maximum atomic E-state index is 14.4. The zero-order valence-electron chi connectivity index (χ0n) is 13.6. The van der Waals surface area contributed by atoms with E-state index in [-0.39, 0.29) is 21.2 Å². The minimum atomic E-state index is -0.961. The molecule has 3 aromatic rings. The van der Waals surface area contributed by atoms with E-state index in [1.807, 2.05) is 0 Å². The molecular weight excluding hydrogens is 415 g/mol. The smallest absolute Gasteiger partial charge is 0.154 e. The van der Waals surface area contributed by atoms with Crippen LogP contribution in [0.3, 0.4) is 0 Å². The molecule has 4 N–H and O–H groups in total. The molecule has 0 aliphatic heterocycles. The number of nitrogens with zero attached hydrogens (tertiary/aromatic N) is 2. The van der Waals surface area contributed by atoms with Gasteiger partial charge in [0.25, 0.3) is 0 Å². The largest absolute Gasteiger partial charge is 0.365 e. The van der Waals surface area contributed by atoms with Gasteiger partial charge in [0, 0.05) is 23.0 Å². The second-order valence-corrected chi connectivity index (χ2v) is 7.04. The molecule has 1 aromatic heterocycles. The van der Waals surface area contributed by atoms with E-state index in [4.69, 9.17) is 28.9 Å². The number of rotatable bonds is 6. The van der Waals surface area contributed by atoms with Crippen molar-refractivity contribution < 1.29 is 8.78 Å². The highest BCUT2D eigenvalue weighted by Crippen LogP contribution is 2.33. The third kappa shape index (κ3) is 4.98. The summed E-state index contributed by atoms with van der Waals surface area (Å²) in [6.07, 6.45) is 3.58. The predicted molar refractivity (Wildman–Crippen MR) is 105 cm³/mol. The van der Waals surface area contributed by atoms with Crippen LogP contribution in [0.1, 0.15) is 11.7 Å². The SMILES string of the molecule is N[C@H](Nc1cc(F)c(SNc2cnccn2)cc1Cl)c1cc(Cl)ccc1F. The summed E-state index contributed by atoms with van der Waals surface area (Å²) in [6.45, 7) is 0. The van der Waals surface area contributed by atoms with E-state index in [2.05, 4.69) is 20.0 Å². The first kappa shape index (κ1) is 19.6. The molecule has 10 heteroatoms. The van der Waals surface area contributed by atoms with Crippen molar-refractivity contribution >= 4 is 46.7 Å². The Morgan fingerprint density at radius 2 is 1.89 bits per heavy atom. The second kappa shape index (κ2) is 8.71. The van der Waals surface area contributed by atoms with Crippen LogP contribution in [0.4, 0.5) is 20.3 Å². The van der Waals surface area contributed by atoms with E-state index in [0.29, 0.717) is 10.8 Å². The van der Waals surface area contributed by atoms with Crippen LogP contribution in [-0.4, -0.2) is 9.97 Å². The van der Waals surface area contributed by atoms with Crippen LogP contribution in [0.2, 0.25) is 10.0 Å². The molecule has 1 heterocycles. The quantitative estimate of drug-likeness (QED) is 0.368. The maximum Gasteiger partial charge on any atom is 0.154 e. The molecule has 1 atom stereocenters. The third-order valence-corrected chi connectivity index (χ3v) is 4.85. The van der Waals surface area contributed by atoms with Gasteiger partial charge in [-0.2, -0.15) is 0 Å². The molecule has 0 saturated heterocycles. The molecule has 0 fully saturated rings. The molecule has 5 nitrogen and oxygen atoms in total. The van der Waals surface area contributed by atoms with E-state index < -0.39 is 17.8 Å². The standard InChI is InChI=1S/C17H13Cl2F2N5S/c18-9-1-2-12(20)10(5-9)17(22)25-14-7-13(21)15(6-11(14)19)27-26-16-8-23-3-4-24-16/h1-8,17,25H,22H2,(H,24,26)/t17-/m1/s1. The number of benzene rings is 2. The topological polar surface area (TPSA) is 75.9 Å². The summed E-state index contributed by atoms with van der Waals surface area (Å²) in [4.78, 5) is 8.18. The molecule has 0 spiro atoms. The molecule has 0 bridgehead atoms. The Kier molecular flexibility index (Phi) is 6.33. The average molecular weight is 428 g/mol. The Bertz CT molecular complexity index is 946. The first-order valence-electron chi connectivity index (χ1n) is 7.59. The summed E-state index contributed by atoms with van der Waals surface area (Å²) in [5.41, 5.74) is 6.33. The first-order chi connectivity index (χ1) is 12.9. The van der Waals surface area contributed by atoms with Crippen LogP contribution in [-0.2, 0) is 0 Å². The predicted octanol–water partition coefficient (Wildman–Crippen LogP) is 5.25. The maximum absolute atomic E-state index is 14.4. The van der Waals surface area contributed by atoms with Gasteiger partial charge in [0.1, 0.15) is 17.8 Å². The van der Waals surface area contributed by atoms with Crippen molar-refractivity contribution in [3.05, 3.63) is 76.2 Å². The Hall–Kier alpha value is -2.13. The number of halogens is 4. The minimum Gasteiger partial charge on any atom is -0.365 e. The van der Waals surface area contributed by atoms with Crippen molar-refractivity contribution in [1.29, 1.82) is 0 Å². The van der Waals surface area contributed by atoms with Gasteiger partial charge < -0.3 is 15.8 Å². The zero-order valence-corrected chi connectivity index (χ0v) is 15.9. The minimum absolute atomic E-state index is 0.141. The molecule has 3 rings (SSSR count). The monoisotopic (exact) mass is 427 g/mol. The molecule has 0 amide bonds. The van der Waals surface area contributed by atoms with Gasteiger partial charge in [0.2, 0.25) is 0 Å². The van der Waals surface area contributed by atoms with E-state index in [9.17, 15) is 8.78 Å². The van der Waals surface area contributed by atoms with Crippen molar-refractivity contribution in [1.82, 2.24) is 9.97 Å². The zero-order chi connectivity index (χ0) is 19.4. The molecule has 27 heavy (non-hydrogen) atoms. The van der Waals surface area contributed by atoms with Crippen molar-refractivity contribution in [2.75, 3.05) is 10.0 Å². The van der Waals surface area contributed by atoms with Crippen LogP contribution in [0.25, 0.3) is 0 Å². The number of hydrogen-bond acceptors (Lipinski definition) is 6. The average Bonchev–Trinajstić information content (AvgIpc) is 2.66. The van der Waals surface area contributed by atoms with Gasteiger partial charge in [-0.3, -0.25) is 4.98 Å². The van der Waals surface area contributed by atoms with Crippen molar-refractivity contribution in [3.63, 3.8) is 0 Å². The lowest BCUT2D eigenvalue weighted by molar-refractivity contribution is 0.594. The Labute approximate surface area is 168 Å². The fourth-order valence-corrected chi connectivity index (χ4v) is 3.29. The molecular formula is C17H13Cl2F2N5S. The number of hydrogen-bond donors (Lipinski definition) is 3. The number of aromatic nitrogens is 2. The number of nitrogens with two attached hydrogens (primary N) is 1. The van der Waals surface area contributed by atoms with Crippen LogP contribution in [0.15, 0.2) is 53.8 Å². The first-order valence-corrected chi connectivity index (χ1v) is 9.16. The molecule has 0 aliphatic carbocycles. The number of anilines is 2. The third-order valence-electron chi connectivity index (χ3n) is 3.45. The van der Waals surface area contributed by atoms with Crippen molar-refractivity contribution in [3.8, 4) is 0 Å². The Balaban J connectivity index is 1.75. The summed E-state index contributed by atoms with van der Waals surface area (Å²) in [5.74, 6) is -0.600. The molecule has 0 unspecified atom stereocenters. The molecule has 0 saturated carbocycles. The summed E-state index contributed by atoms with van der Waals surface area (Å²) >= 11 is 13.1.